The Bertz CT molecular complexity index is 644. The summed E-state index contributed by atoms with van der Waals surface area (Å²) in [4.78, 5) is 15.9. The smallest absolute Gasteiger partial charge is 0.258 e. The predicted octanol–water partition coefficient (Wildman–Crippen LogP) is 1.67. The van der Waals surface area contributed by atoms with Crippen LogP contribution in [0.3, 0.4) is 0 Å². The van der Waals surface area contributed by atoms with Crippen molar-refractivity contribution in [3.8, 4) is 18.1 Å². The number of carbonyl (C=O) groups is 1. The number of ether oxygens (including phenoxy) is 1. The van der Waals surface area contributed by atoms with E-state index in [9.17, 15) is 4.79 Å². The highest BCUT2D eigenvalue weighted by Crippen LogP contribution is 2.23. The van der Waals surface area contributed by atoms with Crippen molar-refractivity contribution in [1.82, 2.24) is 10.3 Å². The molecule has 0 saturated carbocycles. The minimum Gasteiger partial charge on any atom is -0.481 e. The Labute approximate surface area is 111 Å². The van der Waals surface area contributed by atoms with E-state index < -0.39 is 0 Å². The molecule has 0 aliphatic rings. The summed E-state index contributed by atoms with van der Waals surface area (Å²) in [6, 6.07) is 9.53. The maximum Gasteiger partial charge on any atom is 0.258 e. The first-order chi connectivity index (χ1) is 9.20. The average Bonchev–Trinajstić information content (AvgIpc) is 2.42. The van der Waals surface area contributed by atoms with E-state index in [1.807, 2.05) is 31.2 Å². The van der Waals surface area contributed by atoms with Gasteiger partial charge >= 0.3 is 0 Å². The van der Waals surface area contributed by atoms with Crippen LogP contribution < -0.4 is 10.1 Å². The molecule has 4 nitrogen and oxygen atoms in total. The number of rotatable bonds is 4. The molecule has 0 aliphatic heterocycles. The monoisotopic (exact) mass is 254 g/mol. The molecule has 1 aromatic heterocycles. The number of hydrogen-bond donors (Lipinski definition) is 1. The molecule has 2 rings (SSSR count). The second kappa shape index (κ2) is 5.87. The van der Waals surface area contributed by atoms with Crippen LogP contribution >= 0.6 is 0 Å². The Balaban J connectivity index is 2.15. The lowest BCUT2D eigenvalue weighted by molar-refractivity contribution is -0.122. The van der Waals surface area contributed by atoms with Crippen molar-refractivity contribution in [2.75, 3.05) is 13.2 Å². The lowest BCUT2D eigenvalue weighted by Gasteiger charge is -2.08. The number of hydrogen-bond acceptors (Lipinski definition) is 3. The number of carbonyl (C=O) groups excluding carboxylic acids is 1. The summed E-state index contributed by atoms with van der Waals surface area (Å²) in [6.07, 6.45) is 5.06. The molecule has 1 N–H and O–H groups in total. The minimum absolute atomic E-state index is 0.0730. The molecule has 2 aromatic rings. The molecule has 0 radical (unpaired) electrons. The Morgan fingerprint density at radius 3 is 3.05 bits per heavy atom. The Morgan fingerprint density at radius 1 is 1.42 bits per heavy atom. The molecule has 0 spiro atoms. The standard InChI is InChI=1S/C15H14N2O2/c1-3-9-16-14(18)10-19-13-6-4-5-12-8-7-11(2)17-15(12)13/h1,4-8H,9-10H2,2H3,(H,16,18). The second-order valence-electron chi connectivity index (χ2n) is 4.05. The minimum atomic E-state index is -0.248. The van der Waals surface area contributed by atoms with Gasteiger partial charge in [-0.3, -0.25) is 4.79 Å². The number of aryl methyl sites for hydroxylation is 1. The molecule has 96 valence electrons. The number of aromatic nitrogens is 1. The molecule has 0 unspecified atom stereocenters. The van der Waals surface area contributed by atoms with Crippen molar-refractivity contribution < 1.29 is 9.53 Å². The van der Waals surface area contributed by atoms with Gasteiger partial charge in [-0.05, 0) is 19.1 Å². The molecule has 0 fully saturated rings. The van der Waals surface area contributed by atoms with Gasteiger partial charge in [-0.15, -0.1) is 6.42 Å². The Kier molecular flexibility index (Phi) is 3.99. The van der Waals surface area contributed by atoms with E-state index in [0.29, 0.717) is 5.75 Å². The topological polar surface area (TPSA) is 51.2 Å². The van der Waals surface area contributed by atoms with Crippen molar-refractivity contribution in [3.63, 3.8) is 0 Å². The molecule has 19 heavy (non-hydrogen) atoms. The van der Waals surface area contributed by atoms with Crippen molar-refractivity contribution in [3.05, 3.63) is 36.0 Å². The van der Waals surface area contributed by atoms with Gasteiger partial charge in [0.2, 0.25) is 0 Å². The first-order valence-corrected chi connectivity index (χ1v) is 5.90. The molecule has 1 aromatic carbocycles. The highest BCUT2D eigenvalue weighted by Gasteiger charge is 2.06. The molecular weight excluding hydrogens is 240 g/mol. The molecule has 0 atom stereocenters. The zero-order valence-corrected chi connectivity index (χ0v) is 10.6. The third-order valence-electron chi connectivity index (χ3n) is 2.57. The fourth-order valence-electron chi connectivity index (χ4n) is 1.68. The van der Waals surface area contributed by atoms with E-state index in [4.69, 9.17) is 11.2 Å². The third kappa shape index (κ3) is 3.23. The summed E-state index contributed by atoms with van der Waals surface area (Å²) >= 11 is 0. The second-order valence-corrected chi connectivity index (χ2v) is 4.05. The van der Waals surface area contributed by atoms with E-state index in [-0.39, 0.29) is 19.1 Å². The Morgan fingerprint density at radius 2 is 2.26 bits per heavy atom. The van der Waals surface area contributed by atoms with Crippen LogP contribution in [0.4, 0.5) is 0 Å². The maximum absolute atomic E-state index is 11.4. The molecule has 0 aliphatic carbocycles. The van der Waals surface area contributed by atoms with Gasteiger partial charge in [0.15, 0.2) is 6.61 Å². The van der Waals surface area contributed by atoms with E-state index in [0.717, 1.165) is 16.6 Å². The molecule has 4 heteroatoms. The summed E-state index contributed by atoms with van der Waals surface area (Å²) in [6.45, 7) is 2.04. The van der Waals surface area contributed by atoms with Crippen LogP contribution in [0.25, 0.3) is 10.9 Å². The summed E-state index contributed by atoms with van der Waals surface area (Å²) < 4.78 is 5.49. The van der Waals surface area contributed by atoms with Crippen LogP contribution in [0.2, 0.25) is 0 Å². The van der Waals surface area contributed by atoms with Gasteiger partial charge in [-0.1, -0.05) is 24.1 Å². The van der Waals surface area contributed by atoms with Crippen molar-refractivity contribution in [2.24, 2.45) is 0 Å². The fraction of sp³-hybridized carbons (Fsp3) is 0.200. The molecule has 0 bridgehead atoms. The molecular formula is C15H14N2O2. The lowest BCUT2D eigenvalue weighted by atomic mass is 10.2. The first kappa shape index (κ1) is 12.9. The van der Waals surface area contributed by atoms with Crippen LogP contribution in [0.5, 0.6) is 5.75 Å². The Hall–Kier alpha value is -2.54. The summed E-state index contributed by atoms with van der Waals surface area (Å²) in [5, 5.41) is 3.52. The maximum atomic E-state index is 11.4. The number of pyridine rings is 1. The zero-order chi connectivity index (χ0) is 13.7. The zero-order valence-electron chi connectivity index (χ0n) is 10.6. The molecule has 1 amide bonds. The van der Waals surface area contributed by atoms with Gasteiger partial charge in [-0.25, -0.2) is 4.98 Å². The number of fused-ring (bicyclic) bond motifs is 1. The van der Waals surface area contributed by atoms with E-state index in [1.165, 1.54) is 0 Å². The quantitative estimate of drug-likeness (QED) is 0.844. The van der Waals surface area contributed by atoms with Gasteiger partial charge in [0.25, 0.3) is 5.91 Å². The number of para-hydroxylation sites is 1. The number of terminal acetylenes is 1. The largest absolute Gasteiger partial charge is 0.481 e. The summed E-state index contributed by atoms with van der Waals surface area (Å²) in [7, 11) is 0. The average molecular weight is 254 g/mol. The van der Waals surface area contributed by atoms with Gasteiger partial charge in [0, 0.05) is 11.1 Å². The lowest BCUT2D eigenvalue weighted by Crippen LogP contribution is -2.29. The number of amides is 1. The van der Waals surface area contributed by atoms with Gasteiger partial charge in [0.1, 0.15) is 11.3 Å². The highest BCUT2D eigenvalue weighted by molar-refractivity contribution is 5.85. The SMILES string of the molecule is C#CCNC(=O)COc1cccc2ccc(C)nc12. The molecule has 1 heterocycles. The van der Waals surface area contributed by atoms with E-state index >= 15 is 0 Å². The van der Waals surface area contributed by atoms with Crippen LogP contribution in [0, 0.1) is 19.3 Å². The van der Waals surface area contributed by atoms with Crippen LogP contribution in [0.15, 0.2) is 30.3 Å². The van der Waals surface area contributed by atoms with Crippen LogP contribution in [-0.4, -0.2) is 24.0 Å². The van der Waals surface area contributed by atoms with Gasteiger partial charge in [-0.2, -0.15) is 0 Å². The fourth-order valence-corrected chi connectivity index (χ4v) is 1.68. The molecule has 0 saturated heterocycles. The van der Waals surface area contributed by atoms with Crippen molar-refractivity contribution >= 4 is 16.8 Å². The van der Waals surface area contributed by atoms with Crippen molar-refractivity contribution in [2.45, 2.75) is 6.92 Å². The van der Waals surface area contributed by atoms with Crippen LogP contribution in [-0.2, 0) is 4.79 Å². The summed E-state index contributed by atoms with van der Waals surface area (Å²) in [5.74, 6) is 2.68. The van der Waals surface area contributed by atoms with E-state index in [1.54, 1.807) is 6.07 Å². The predicted molar refractivity (Wildman–Crippen MR) is 73.8 cm³/mol. The summed E-state index contributed by atoms with van der Waals surface area (Å²) in [5.41, 5.74) is 1.66. The van der Waals surface area contributed by atoms with E-state index in [2.05, 4.69) is 16.2 Å². The van der Waals surface area contributed by atoms with Crippen LogP contribution in [0.1, 0.15) is 5.69 Å². The van der Waals surface area contributed by atoms with Gasteiger partial charge < -0.3 is 10.1 Å². The van der Waals surface area contributed by atoms with Crippen molar-refractivity contribution in [1.29, 1.82) is 0 Å². The number of benzene rings is 1. The number of nitrogens with one attached hydrogen (secondary N) is 1. The highest BCUT2D eigenvalue weighted by atomic mass is 16.5. The first-order valence-electron chi connectivity index (χ1n) is 5.90. The normalized spacial score (nSPS) is 9.89. The van der Waals surface area contributed by atoms with Gasteiger partial charge in [0.05, 0.1) is 6.54 Å². The third-order valence-corrected chi connectivity index (χ3v) is 2.57. The number of nitrogens with zero attached hydrogens (tertiary/aromatic N) is 1.